The molecule has 1 N–H and O–H groups in total. The zero-order chi connectivity index (χ0) is 14.4. The number of methoxy groups -OCH3 is 1. The van der Waals surface area contributed by atoms with Crippen LogP contribution < -0.4 is 10.2 Å². The molecule has 1 aromatic rings. The first kappa shape index (κ1) is 15.5. The van der Waals surface area contributed by atoms with Gasteiger partial charge in [-0.25, -0.2) is 0 Å². The van der Waals surface area contributed by atoms with Crippen LogP contribution in [0.25, 0.3) is 0 Å². The van der Waals surface area contributed by atoms with Crippen molar-refractivity contribution in [3.05, 3.63) is 0 Å². The van der Waals surface area contributed by atoms with Crippen molar-refractivity contribution in [2.45, 2.75) is 24.3 Å². The summed E-state index contributed by atoms with van der Waals surface area (Å²) >= 11 is 1.24. The van der Waals surface area contributed by atoms with E-state index in [2.05, 4.69) is 25.0 Å². The van der Waals surface area contributed by atoms with Gasteiger partial charge in [-0.05, 0) is 13.8 Å². The quantitative estimate of drug-likeness (QED) is 0.613. The SMILES string of the molecule is CCNc1nc(S[C@@H](C)C(=O)OC)nc(N(C)C)n1. The number of nitrogens with one attached hydrogen (secondary N) is 1. The third-order valence-electron chi connectivity index (χ3n) is 2.15. The third-order valence-corrected chi connectivity index (χ3v) is 3.09. The highest BCUT2D eigenvalue weighted by Gasteiger charge is 2.18. The summed E-state index contributed by atoms with van der Waals surface area (Å²) < 4.78 is 4.68. The van der Waals surface area contributed by atoms with Gasteiger partial charge >= 0.3 is 5.97 Å². The molecule has 0 spiro atoms. The van der Waals surface area contributed by atoms with Crippen LogP contribution in [-0.4, -0.2) is 53.9 Å². The Labute approximate surface area is 117 Å². The van der Waals surface area contributed by atoms with Crippen molar-refractivity contribution < 1.29 is 9.53 Å². The monoisotopic (exact) mass is 285 g/mol. The summed E-state index contributed by atoms with van der Waals surface area (Å²) in [6, 6.07) is 0. The number of hydrogen-bond acceptors (Lipinski definition) is 8. The minimum atomic E-state index is -0.364. The number of aromatic nitrogens is 3. The largest absolute Gasteiger partial charge is 0.468 e. The Morgan fingerprint density at radius 2 is 2.11 bits per heavy atom. The summed E-state index contributed by atoms with van der Waals surface area (Å²) in [5, 5.41) is 3.17. The molecule has 0 aliphatic heterocycles. The lowest BCUT2D eigenvalue weighted by atomic mass is 10.5. The summed E-state index contributed by atoms with van der Waals surface area (Å²) in [4.78, 5) is 26.0. The zero-order valence-electron chi connectivity index (χ0n) is 11.8. The minimum absolute atomic E-state index is 0.304. The van der Waals surface area contributed by atoms with E-state index in [1.54, 1.807) is 11.8 Å². The first-order valence-corrected chi connectivity index (χ1v) is 6.77. The van der Waals surface area contributed by atoms with Gasteiger partial charge in [-0.3, -0.25) is 4.79 Å². The Balaban J connectivity index is 2.95. The van der Waals surface area contributed by atoms with E-state index >= 15 is 0 Å². The summed E-state index contributed by atoms with van der Waals surface area (Å²) in [6.45, 7) is 4.43. The third kappa shape index (κ3) is 4.55. The molecule has 1 atom stereocenters. The van der Waals surface area contributed by atoms with Crippen LogP contribution in [0.4, 0.5) is 11.9 Å². The first-order chi connectivity index (χ1) is 8.97. The van der Waals surface area contributed by atoms with Crippen molar-refractivity contribution in [3.8, 4) is 0 Å². The maximum atomic E-state index is 11.4. The Kier molecular flexibility index (Phi) is 5.81. The average Bonchev–Trinajstić information content (AvgIpc) is 2.37. The molecule has 0 fully saturated rings. The summed E-state index contributed by atoms with van der Waals surface area (Å²) in [7, 11) is 5.06. The highest BCUT2D eigenvalue weighted by molar-refractivity contribution is 8.00. The molecular formula is C11H19N5O2S. The highest BCUT2D eigenvalue weighted by atomic mass is 32.2. The second-order valence-corrected chi connectivity index (χ2v) is 5.26. The molecule has 0 amide bonds. The lowest BCUT2D eigenvalue weighted by Crippen LogP contribution is -2.18. The molecule has 0 aromatic carbocycles. The van der Waals surface area contributed by atoms with E-state index in [1.165, 1.54) is 18.9 Å². The smallest absolute Gasteiger partial charge is 0.318 e. The molecule has 1 heterocycles. The van der Waals surface area contributed by atoms with E-state index in [4.69, 9.17) is 0 Å². The molecule has 0 unspecified atom stereocenters. The van der Waals surface area contributed by atoms with E-state index in [-0.39, 0.29) is 11.2 Å². The molecule has 0 radical (unpaired) electrons. The van der Waals surface area contributed by atoms with Crippen LogP contribution in [-0.2, 0) is 9.53 Å². The normalized spacial score (nSPS) is 11.8. The Morgan fingerprint density at radius 3 is 2.63 bits per heavy atom. The maximum Gasteiger partial charge on any atom is 0.318 e. The summed E-state index contributed by atoms with van der Waals surface area (Å²) in [5.41, 5.74) is 0. The molecule has 0 saturated heterocycles. The van der Waals surface area contributed by atoms with E-state index in [1.807, 2.05) is 21.0 Å². The van der Waals surface area contributed by atoms with Gasteiger partial charge in [0.15, 0.2) is 5.16 Å². The number of rotatable bonds is 6. The molecule has 0 saturated carbocycles. The number of esters is 1. The van der Waals surface area contributed by atoms with Gasteiger partial charge in [0.05, 0.1) is 7.11 Å². The van der Waals surface area contributed by atoms with Crippen LogP contribution in [0.3, 0.4) is 0 Å². The first-order valence-electron chi connectivity index (χ1n) is 5.89. The van der Waals surface area contributed by atoms with E-state index in [9.17, 15) is 4.79 Å². The standard InChI is InChI=1S/C11H19N5O2S/c1-6-12-9-13-10(16(3)4)15-11(14-9)19-7(2)8(17)18-5/h7H,6H2,1-5H3,(H,12,13,14,15)/t7-/m0/s1. The fraction of sp³-hybridized carbons (Fsp3) is 0.636. The van der Waals surface area contributed by atoms with Gasteiger partial charge in [0.2, 0.25) is 11.9 Å². The summed E-state index contributed by atoms with van der Waals surface area (Å²) in [5.74, 6) is 0.744. The van der Waals surface area contributed by atoms with Crippen LogP contribution in [0.1, 0.15) is 13.8 Å². The molecule has 7 nitrogen and oxygen atoms in total. The van der Waals surface area contributed by atoms with Crippen molar-refractivity contribution in [3.63, 3.8) is 0 Å². The second kappa shape index (κ2) is 7.13. The molecule has 8 heteroatoms. The predicted octanol–water partition coefficient (Wildman–Crippen LogP) is 1.02. The van der Waals surface area contributed by atoms with Gasteiger partial charge in [-0.2, -0.15) is 15.0 Å². The van der Waals surface area contributed by atoms with Crippen LogP contribution in [0.2, 0.25) is 0 Å². The molecular weight excluding hydrogens is 266 g/mol. The molecule has 0 bridgehead atoms. The van der Waals surface area contributed by atoms with Crippen molar-refractivity contribution in [2.75, 3.05) is 38.0 Å². The fourth-order valence-corrected chi connectivity index (χ4v) is 1.99. The lowest BCUT2D eigenvalue weighted by Gasteiger charge is -2.14. The molecule has 1 aromatic heterocycles. The van der Waals surface area contributed by atoms with Gasteiger partial charge < -0.3 is 15.0 Å². The molecule has 0 aliphatic rings. The Hall–Kier alpha value is -1.57. The maximum absolute atomic E-state index is 11.4. The van der Waals surface area contributed by atoms with Crippen LogP contribution in [0.15, 0.2) is 5.16 Å². The predicted molar refractivity (Wildman–Crippen MR) is 75.7 cm³/mol. The molecule has 106 valence electrons. The summed E-state index contributed by atoms with van der Waals surface area (Å²) in [6.07, 6.45) is 0. The number of carbonyl (C=O) groups is 1. The van der Waals surface area contributed by atoms with Crippen molar-refractivity contribution >= 4 is 29.6 Å². The van der Waals surface area contributed by atoms with Crippen molar-refractivity contribution in [2.24, 2.45) is 0 Å². The molecule has 0 aliphatic carbocycles. The van der Waals surface area contributed by atoms with Gasteiger partial charge in [0.25, 0.3) is 0 Å². The van der Waals surface area contributed by atoms with Crippen molar-refractivity contribution in [1.29, 1.82) is 0 Å². The Morgan fingerprint density at radius 1 is 1.42 bits per heavy atom. The minimum Gasteiger partial charge on any atom is -0.468 e. The van der Waals surface area contributed by atoms with Crippen LogP contribution in [0.5, 0.6) is 0 Å². The van der Waals surface area contributed by atoms with Gasteiger partial charge in [-0.15, -0.1) is 0 Å². The van der Waals surface area contributed by atoms with Crippen LogP contribution >= 0.6 is 11.8 Å². The number of carbonyl (C=O) groups excluding carboxylic acids is 1. The van der Waals surface area contributed by atoms with E-state index in [0.29, 0.717) is 23.6 Å². The Bertz CT molecular complexity index is 441. The number of nitrogens with zero attached hydrogens (tertiary/aromatic N) is 4. The highest BCUT2D eigenvalue weighted by Crippen LogP contribution is 2.22. The lowest BCUT2D eigenvalue weighted by molar-refractivity contribution is -0.139. The topological polar surface area (TPSA) is 80.2 Å². The number of thioether (sulfide) groups is 1. The number of anilines is 2. The van der Waals surface area contributed by atoms with Gasteiger partial charge in [-0.1, -0.05) is 11.8 Å². The number of ether oxygens (including phenoxy) is 1. The van der Waals surface area contributed by atoms with E-state index < -0.39 is 0 Å². The fourth-order valence-electron chi connectivity index (χ4n) is 1.21. The van der Waals surface area contributed by atoms with Crippen LogP contribution in [0, 0.1) is 0 Å². The zero-order valence-corrected chi connectivity index (χ0v) is 12.6. The average molecular weight is 285 g/mol. The van der Waals surface area contributed by atoms with Gasteiger partial charge in [0.1, 0.15) is 5.25 Å². The number of hydrogen-bond donors (Lipinski definition) is 1. The molecule has 19 heavy (non-hydrogen) atoms. The molecule has 1 rings (SSSR count). The van der Waals surface area contributed by atoms with Crippen molar-refractivity contribution in [1.82, 2.24) is 15.0 Å². The second-order valence-electron chi connectivity index (χ2n) is 3.95. The van der Waals surface area contributed by atoms with Gasteiger partial charge in [0, 0.05) is 20.6 Å². The van der Waals surface area contributed by atoms with E-state index in [0.717, 1.165) is 0 Å².